The molecule has 1 atom stereocenters. The van der Waals surface area contributed by atoms with Gasteiger partial charge in [-0.1, -0.05) is 12.1 Å². The van der Waals surface area contributed by atoms with Gasteiger partial charge in [0.15, 0.2) is 0 Å². The zero-order valence-electron chi connectivity index (χ0n) is 12.2. The Morgan fingerprint density at radius 2 is 1.75 bits per heavy atom. The van der Waals surface area contributed by atoms with Crippen LogP contribution in [0.5, 0.6) is 0 Å². The minimum absolute atomic E-state index is 0.170. The molecule has 0 bridgehead atoms. The first-order chi connectivity index (χ1) is 9.48. The molecule has 0 amide bonds. The van der Waals surface area contributed by atoms with E-state index >= 15 is 0 Å². The van der Waals surface area contributed by atoms with Crippen molar-refractivity contribution >= 4 is 22.7 Å². The maximum absolute atomic E-state index is 10.4. The van der Waals surface area contributed by atoms with Crippen molar-refractivity contribution in [3.8, 4) is 0 Å². The normalized spacial score (nSPS) is 14.9. The van der Waals surface area contributed by atoms with Crippen molar-refractivity contribution in [1.29, 1.82) is 0 Å². The predicted octanol–water partition coefficient (Wildman–Crippen LogP) is 2.80. The molecule has 5 heteroatoms. The monoisotopic (exact) mass is 310 g/mol. The maximum Gasteiger partial charge on any atom is 0.0869 e. The Morgan fingerprint density at radius 1 is 1.20 bits per heavy atom. The summed E-state index contributed by atoms with van der Waals surface area (Å²) in [5, 5.41) is 18.1. The molecule has 0 aliphatic carbocycles. The Morgan fingerprint density at radius 3 is 2.15 bits per heavy atom. The number of aliphatic hydroxyl groups is 1. The smallest absolute Gasteiger partial charge is 0.0869 e. The number of rotatable bonds is 7. The van der Waals surface area contributed by atoms with Crippen LogP contribution >= 0.6 is 22.7 Å². The maximum atomic E-state index is 10.4. The van der Waals surface area contributed by atoms with Crippen LogP contribution in [0.15, 0.2) is 35.0 Å². The van der Waals surface area contributed by atoms with E-state index in [0.29, 0.717) is 13.1 Å². The molecule has 110 valence electrons. The van der Waals surface area contributed by atoms with E-state index in [1.54, 1.807) is 22.7 Å². The van der Waals surface area contributed by atoms with E-state index in [1.165, 1.54) is 9.75 Å². The van der Waals surface area contributed by atoms with Crippen molar-refractivity contribution in [2.45, 2.75) is 18.6 Å². The highest BCUT2D eigenvalue weighted by Gasteiger charge is 2.24. The Hall–Kier alpha value is -0.720. The molecule has 0 saturated carbocycles. The van der Waals surface area contributed by atoms with E-state index in [1.807, 2.05) is 25.9 Å². The lowest BCUT2D eigenvalue weighted by atomic mass is 10.1. The van der Waals surface area contributed by atoms with Crippen molar-refractivity contribution in [1.82, 2.24) is 10.2 Å². The lowest BCUT2D eigenvalue weighted by Gasteiger charge is -2.29. The van der Waals surface area contributed by atoms with Crippen LogP contribution in [0.3, 0.4) is 0 Å². The molecular weight excluding hydrogens is 288 g/mol. The Labute approximate surface area is 128 Å². The number of thiophene rings is 2. The average Bonchev–Trinajstić information content (AvgIpc) is 2.98. The summed E-state index contributed by atoms with van der Waals surface area (Å²) in [4.78, 5) is 4.58. The minimum Gasteiger partial charge on any atom is -0.388 e. The first kappa shape index (κ1) is 15.7. The van der Waals surface area contributed by atoms with Crippen LogP contribution in [-0.4, -0.2) is 42.8 Å². The molecule has 0 fully saturated rings. The summed E-state index contributed by atoms with van der Waals surface area (Å²) in [6.45, 7) is 3.08. The predicted molar refractivity (Wildman–Crippen MR) is 87.7 cm³/mol. The van der Waals surface area contributed by atoms with E-state index in [0.717, 1.165) is 0 Å². The summed E-state index contributed by atoms with van der Waals surface area (Å²) in [5.74, 6) is 0. The highest BCUT2D eigenvalue weighted by Crippen LogP contribution is 2.29. The highest BCUT2D eigenvalue weighted by molar-refractivity contribution is 7.11. The van der Waals surface area contributed by atoms with Gasteiger partial charge < -0.3 is 15.3 Å². The van der Waals surface area contributed by atoms with Crippen LogP contribution in [0, 0.1) is 0 Å². The van der Waals surface area contributed by atoms with E-state index in [9.17, 15) is 5.11 Å². The molecule has 2 N–H and O–H groups in total. The van der Waals surface area contributed by atoms with E-state index in [4.69, 9.17) is 0 Å². The van der Waals surface area contributed by atoms with Crippen LogP contribution in [-0.2, 0) is 0 Å². The molecule has 0 aromatic carbocycles. The Kier molecular flexibility index (Phi) is 5.35. The molecule has 0 saturated heterocycles. The molecule has 3 nitrogen and oxygen atoms in total. The molecule has 0 aliphatic rings. The van der Waals surface area contributed by atoms with E-state index in [-0.39, 0.29) is 6.04 Å². The zero-order valence-corrected chi connectivity index (χ0v) is 13.8. The highest BCUT2D eigenvalue weighted by atomic mass is 32.1. The van der Waals surface area contributed by atoms with Gasteiger partial charge in [0, 0.05) is 22.8 Å². The van der Waals surface area contributed by atoms with Crippen molar-refractivity contribution in [2.24, 2.45) is 0 Å². The third-order valence-electron chi connectivity index (χ3n) is 3.00. The number of hydrogen-bond donors (Lipinski definition) is 2. The van der Waals surface area contributed by atoms with Gasteiger partial charge in [-0.3, -0.25) is 0 Å². The van der Waals surface area contributed by atoms with Crippen LogP contribution in [0.25, 0.3) is 0 Å². The summed E-state index contributed by atoms with van der Waals surface area (Å²) < 4.78 is 0. The largest absolute Gasteiger partial charge is 0.388 e. The van der Waals surface area contributed by atoms with Gasteiger partial charge in [-0.2, -0.15) is 0 Å². The number of hydrogen-bond acceptors (Lipinski definition) is 5. The van der Waals surface area contributed by atoms with Crippen molar-refractivity contribution < 1.29 is 5.11 Å². The van der Waals surface area contributed by atoms with Crippen LogP contribution in [0.2, 0.25) is 0 Å². The lowest BCUT2D eigenvalue weighted by molar-refractivity contribution is 0.0324. The topological polar surface area (TPSA) is 35.5 Å². The Bertz CT molecular complexity index is 458. The average molecular weight is 310 g/mol. The fourth-order valence-corrected chi connectivity index (χ4v) is 4.02. The summed E-state index contributed by atoms with van der Waals surface area (Å²) >= 11 is 3.49. The van der Waals surface area contributed by atoms with E-state index < -0.39 is 5.60 Å². The van der Waals surface area contributed by atoms with Gasteiger partial charge in [-0.05, 0) is 43.9 Å². The van der Waals surface area contributed by atoms with E-state index in [2.05, 4.69) is 40.3 Å². The molecule has 0 spiro atoms. The summed E-state index contributed by atoms with van der Waals surface area (Å²) in [6, 6.07) is 8.59. The van der Waals surface area contributed by atoms with Gasteiger partial charge in [0.05, 0.1) is 11.6 Å². The number of nitrogens with zero attached hydrogens (tertiary/aromatic N) is 1. The van der Waals surface area contributed by atoms with Gasteiger partial charge in [0.1, 0.15) is 0 Å². The quantitative estimate of drug-likeness (QED) is 0.825. The molecule has 0 aliphatic heterocycles. The van der Waals surface area contributed by atoms with Gasteiger partial charge in [-0.25, -0.2) is 0 Å². The third-order valence-corrected chi connectivity index (χ3v) is 4.87. The molecule has 2 heterocycles. The van der Waals surface area contributed by atoms with Crippen LogP contribution in [0.1, 0.15) is 22.7 Å². The van der Waals surface area contributed by atoms with Crippen LogP contribution < -0.4 is 5.32 Å². The second-order valence-corrected chi connectivity index (χ2v) is 7.54. The molecule has 1 unspecified atom stereocenters. The second kappa shape index (κ2) is 6.83. The molecule has 2 rings (SSSR count). The third kappa shape index (κ3) is 4.40. The second-order valence-electron chi connectivity index (χ2n) is 5.58. The Balaban J connectivity index is 2.06. The van der Waals surface area contributed by atoms with Crippen molar-refractivity contribution in [3.05, 3.63) is 44.8 Å². The molecule has 0 radical (unpaired) electrons. The fraction of sp³-hybridized carbons (Fsp3) is 0.467. The molecule has 2 aromatic heterocycles. The zero-order chi connectivity index (χ0) is 14.6. The molecule has 20 heavy (non-hydrogen) atoms. The van der Waals surface area contributed by atoms with Gasteiger partial charge in [-0.15, -0.1) is 22.7 Å². The first-order valence-electron chi connectivity index (χ1n) is 6.65. The van der Waals surface area contributed by atoms with Gasteiger partial charge in [0.25, 0.3) is 0 Å². The van der Waals surface area contributed by atoms with Gasteiger partial charge >= 0.3 is 0 Å². The molecular formula is C15H22N2OS2. The molecule has 2 aromatic rings. The first-order valence-corrected chi connectivity index (χ1v) is 8.41. The number of likely N-dealkylation sites (N-methyl/N-ethyl adjacent to an activating group) is 1. The van der Waals surface area contributed by atoms with Crippen LogP contribution in [0.4, 0.5) is 0 Å². The summed E-state index contributed by atoms with van der Waals surface area (Å²) in [6.07, 6.45) is 0. The van der Waals surface area contributed by atoms with Gasteiger partial charge in [0.2, 0.25) is 0 Å². The standard InChI is InChI=1S/C15H22N2OS2/c1-15(18,11-17(2)3)10-16-14(12-6-4-8-19-12)13-7-5-9-20-13/h4-9,14,16,18H,10-11H2,1-3H3. The SMILES string of the molecule is CN(C)CC(C)(O)CNC(c1cccs1)c1cccs1. The summed E-state index contributed by atoms with van der Waals surface area (Å²) in [7, 11) is 3.95. The fourth-order valence-electron chi connectivity index (χ4n) is 2.31. The van der Waals surface area contributed by atoms with Crippen molar-refractivity contribution in [2.75, 3.05) is 27.2 Å². The lowest BCUT2D eigenvalue weighted by Crippen LogP contribution is -2.46. The minimum atomic E-state index is -0.740. The summed E-state index contributed by atoms with van der Waals surface area (Å²) in [5.41, 5.74) is -0.740. The van der Waals surface area contributed by atoms with Crippen molar-refractivity contribution in [3.63, 3.8) is 0 Å². The number of nitrogens with one attached hydrogen (secondary N) is 1.